The first-order valence-electron chi connectivity index (χ1n) is 5.82. The van der Waals surface area contributed by atoms with E-state index in [1.165, 1.54) is 17.1 Å². The van der Waals surface area contributed by atoms with Crippen LogP contribution >= 0.6 is 0 Å². The Labute approximate surface area is 113 Å². The Morgan fingerprint density at radius 2 is 2.25 bits per heavy atom. The van der Waals surface area contributed by atoms with Crippen LogP contribution in [0.2, 0.25) is 0 Å². The molecule has 9 nitrogen and oxygen atoms in total. The molecule has 9 heteroatoms. The van der Waals surface area contributed by atoms with Crippen LogP contribution in [-0.2, 0) is 13.1 Å². The van der Waals surface area contributed by atoms with E-state index in [-0.39, 0.29) is 11.7 Å². The first-order chi connectivity index (χ1) is 9.65. The zero-order valence-corrected chi connectivity index (χ0v) is 10.4. The van der Waals surface area contributed by atoms with Crippen molar-refractivity contribution >= 4 is 12.0 Å². The Morgan fingerprint density at radius 1 is 1.40 bits per heavy atom. The number of carbonyl (C=O) groups excluding carboxylic acids is 1. The zero-order chi connectivity index (χ0) is 14.4. The lowest BCUT2D eigenvalue weighted by molar-refractivity contribution is 0.0690. The number of nitrogens with zero attached hydrogens (tertiary/aromatic N) is 3. The number of aromatic nitrogens is 3. The van der Waals surface area contributed by atoms with Gasteiger partial charge in [0.15, 0.2) is 5.69 Å². The van der Waals surface area contributed by atoms with Gasteiger partial charge in [0.2, 0.25) is 0 Å². The molecule has 0 aromatic carbocycles. The van der Waals surface area contributed by atoms with Gasteiger partial charge in [-0.15, -0.1) is 5.10 Å². The summed E-state index contributed by atoms with van der Waals surface area (Å²) in [5.74, 6) is -0.483. The van der Waals surface area contributed by atoms with Crippen molar-refractivity contribution in [2.45, 2.75) is 13.1 Å². The molecule has 0 bridgehead atoms. The third kappa shape index (κ3) is 3.83. The molecule has 106 valence electrons. The molecule has 2 amide bonds. The SMILES string of the molecule is O=C(NCCn1cc(C(=O)O)nn1)NCc1ccco1. The zero-order valence-electron chi connectivity index (χ0n) is 10.4. The van der Waals surface area contributed by atoms with Gasteiger partial charge in [-0.2, -0.15) is 0 Å². The third-order valence-electron chi connectivity index (χ3n) is 2.39. The van der Waals surface area contributed by atoms with E-state index in [0.29, 0.717) is 25.4 Å². The quantitative estimate of drug-likeness (QED) is 0.687. The second kappa shape index (κ2) is 6.36. The largest absolute Gasteiger partial charge is 0.476 e. The van der Waals surface area contributed by atoms with Gasteiger partial charge in [-0.1, -0.05) is 5.21 Å². The summed E-state index contributed by atoms with van der Waals surface area (Å²) in [6.45, 7) is 0.923. The van der Waals surface area contributed by atoms with Crippen molar-refractivity contribution < 1.29 is 19.1 Å². The number of hydrogen-bond donors (Lipinski definition) is 3. The Bertz CT molecular complexity index is 577. The summed E-state index contributed by atoms with van der Waals surface area (Å²) in [6.07, 6.45) is 2.82. The summed E-state index contributed by atoms with van der Waals surface area (Å²) >= 11 is 0. The van der Waals surface area contributed by atoms with Crippen LogP contribution in [0.3, 0.4) is 0 Å². The highest BCUT2D eigenvalue weighted by Crippen LogP contribution is 1.98. The van der Waals surface area contributed by atoms with E-state index in [0.717, 1.165) is 0 Å². The average molecular weight is 279 g/mol. The monoisotopic (exact) mass is 279 g/mol. The van der Waals surface area contributed by atoms with Crippen LogP contribution in [0.4, 0.5) is 4.79 Å². The lowest BCUT2D eigenvalue weighted by Gasteiger charge is -2.06. The molecule has 20 heavy (non-hydrogen) atoms. The van der Waals surface area contributed by atoms with Crippen molar-refractivity contribution in [1.29, 1.82) is 0 Å². The molecule has 0 spiro atoms. The van der Waals surface area contributed by atoms with Crippen LogP contribution in [-0.4, -0.2) is 38.6 Å². The van der Waals surface area contributed by atoms with Gasteiger partial charge in [0, 0.05) is 6.54 Å². The molecule has 2 rings (SSSR count). The van der Waals surface area contributed by atoms with E-state index in [1.807, 2.05) is 0 Å². The molecular weight excluding hydrogens is 266 g/mol. The number of rotatable bonds is 6. The van der Waals surface area contributed by atoms with Crippen LogP contribution in [0, 0.1) is 0 Å². The van der Waals surface area contributed by atoms with Crippen LogP contribution < -0.4 is 10.6 Å². The molecule has 0 radical (unpaired) electrons. The number of urea groups is 1. The normalized spacial score (nSPS) is 10.2. The van der Waals surface area contributed by atoms with Crippen LogP contribution in [0.15, 0.2) is 29.0 Å². The highest BCUT2D eigenvalue weighted by atomic mass is 16.4. The predicted molar refractivity (Wildman–Crippen MR) is 65.9 cm³/mol. The minimum absolute atomic E-state index is 0.132. The topological polar surface area (TPSA) is 122 Å². The Morgan fingerprint density at radius 3 is 2.90 bits per heavy atom. The summed E-state index contributed by atoms with van der Waals surface area (Å²) in [5, 5.41) is 21.0. The van der Waals surface area contributed by atoms with Gasteiger partial charge in [-0.3, -0.25) is 0 Å². The Hall–Kier alpha value is -2.84. The lowest BCUT2D eigenvalue weighted by atomic mass is 10.4. The van der Waals surface area contributed by atoms with E-state index in [1.54, 1.807) is 12.1 Å². The fourth-order valence-corrected chi connectivity index (χ4v) is 1.43. The average Bonchev–Trinajstić information content (AvgIpc) is 3.07. The van der Waals surface area contributed by atoms with E-state index < -0.39 is 5.97 Å². The van der Waals surface area contributed by atoms with Crippen molar-refractivity contribution in [3.8, 4) is 0 Å². The predicted octanol–water partition coefficient (Wildman–Crippen LogP) is 0.0687. The second-order valence-corrected chi connectivity index (χ2v) is 3.86. The van der Waals surface area contributed by atoms with E-state index in [4.69, 9.17) is 9.52 Å². The number of carbonyl (C=O) groups is 2. The van der Waals surface area contributed by atoms with E-state index in [2.05, 4.69) is 20.9 Å². The maximum absolute atomic E-state index is 11.4. The van der Waals surface area contributed by atoms with E-state index >= 15 is 0 Å². The van der Waals surface area contributed by atoms with Crippen LogP contribution in [0.1, 0.15) is 16.2 Å². The molecule has 0 aliphatic heterocycles. The van der Waals surface area contributed by atoms with Gasteiger partial charge in [0.05, 0.1) is 25.5 Å². The number of carboxylic acids is 1. The number of carboxylic acid groups (broad SMARTS) is 1. The number of nitrogens with one attached hydrogen (secondary N) is 2. The summed E-state index contributed by atoms with van der Waals surface area (Å²) in [6, 6.07) is 3.14. The van der Waals surface area contributed by atoms with Crippen molar-refractivity contribution in [2.75, 3.05) is 6.54 Å². The highest BCUT2D eigenvalue weighted by molar-refractivity contribution is 5.84. The maximum atomic E-state index is 11.4. The second-order valence-electron chi connectivity index (χ2n) is 3.86. The molecular formula is C11H13N5O4. The van der Waals surface area contributed by atoms with Crippen LogP contribution in [0.5, 0.6) is 0 Å². The summed E-state index contributed by atoms with van der Waals surface area (Å²) in [4.78, 5) is 22.0. The molecule has 0 saturated carbocycles. The van der Waals surface area contributed by atoms with Gasteiger partial charge < -0.3 is 20.2 Å². The molecule has 0 fully saturated rings. The Kier molecular flexibility index (Phi) is 4.32. The molecule has 0 unspecified atom stereocenters. The standard InChI is InChI=1S/C11H13N5O4/c17-10(18)9-7-16(15-14-9)4-3-12-11(19)13-6-8-2-1-5-20-8/h1-2,5,7H,3-4,6H2,(H,17,18)(H2,12,13,19). The van der Waals surface area contributed by atoms with Crippen LogP contribution in [0.25, 0.3) is 0 Å². The molecule has 3 N–H and O–H groups in total. The molecule has 2 aromatic rings. The van der Waals surface area contributed by atoms with Gasteiger partial charge >= 0.3 is 12.0 Å². The molecule has 2 aromatic heterocycles. The molecule has 0 aliphatic carbocycles. The van der Waals surface area contributed by atoms with Gasteiger partial charge in [0.25, 0.3) is 0 Å². The third-order valence-corrected chi connectivity index (χ3v) is 2.39. The van der Waals surface area contributed by atoms with Gasteiger partial charge in [-0.25, -0.2) is 14.3 Å². The van der Waals surface area contributed by atoms with Crippen molar-refractivity contribution in [3.05, 3.63) is 36.0 Å². The summed E-state index contributed by atoms with van der Waals surface area (Å²) in [7, 11) is 0. The smallest absolute Gasteiger partial charge is 0.358 e. The fourth-order valence-electron chi connectivity index (χ4n) is 1.43. The first kappa shape index (κ1) is 13.6. The highest BCUT2D eigenvalue weighted by Gasteiger charge is 2.08. The summed E-state index contributed by atoms with van der Waals surface area (Å²) in [5.41, 5.74) is -0.132. The van der Waals surface area contributed by atoms with Crippen molar-refractivity contribution in [2.24, 2.45) is 0 Å². The van der Waals surface area contributed by atoms with E-state index in [9.17, 15) is 9.59 Å². The first-order valence-corrected chi connectivity index (χ1v) is 5.82. The van der Waals surface area contributed by atoms with Gasteiger partial charge in [0.1, 0.15) is 5.76 Å². The summed E-state index contributed by atoms with van der Waals surface area (Å²) < 4.78 is 6.41. The number of furan rings is 1. The molecule has 0 atom stereocenters. The maximum Gasteiger partial charge on any atom is 0.358 e. The van der Waals surface area contributed by atoms with Crippen molar-refractivity contribution in [3.63, 3.8) is 0 Å². The molecule has 0 saturated heterocycles. The number of aromatic carboxylic acids is 1. The van der Waals surface area contributed by atoms with Crippen molar-refractivity contribution in [1.82, 2.24) is 25.6 Å². The van der Waals surface area contributed by atoms with Gasteiger partial charge in [-0.05, 0) is 12.1 Å². The molecule has 0 aliphatic rings. The Balaban J connectivity index is 1.67. The lowest BCUT2D eigenvalue weighted by Crippen LogP contribution is -2.36. The minimum atomic E-state index is -1.14. The number of amides is 2. The molecule has 2 heterocycles. The minimum Gasteiger partial charge on any atom is -0.476 e. The number of hydrogen-bond acceptors (Lipinski definition) is 5. The fraction of sp³-hybridized carbons (Fsp3) is 0.273.